The van der Waals surface area contributed by atoms with Crippen molar-refractivity contribution in [2.45, 2.75) is 58.3 Å². The molecule has 2 rings (SSSR count). The summed E-state index contributed by atoms with van der Waals surface area (Å²) in [5.74, 6) is 0.239. The molecule has 0 unspecified atom stereocenters. The fourth-order valence-corrected chi connectivity index (χ4v) is 2.65. The molecule has 1 aromatic heterocycles. The van der Waals surface area contributed by atoms with E-state index >= 15 is 0 Å². The van der Waals surface area contributed by atoms with Gasteiger partial charge in [-0.25, -0.2) is 0 Å². The Kier molecular flexibility index (Phi) is 14.5. The summed E-state index contributed by atoms with van der Waals surface area (Å²) < 4.78 is 0. The lowest BCUT2D eigenvalue weighted by molar-refractivity contribution is 0.389. The molecule has 1 N–H and O–H groups in total. The number of halogens is 1. The number of rotatable bonds is 9. The minimum Gasteiger partial charge on any atom is -0.506 e. The van der Waals surface area contributed by atoms with Gasteiger partial charge in [0.25, 0.3) is 0 Å². The number of aromatic hydroxyl groups is 1. The van der Waals surface area contributed by atoms with Gasteiger partial charge in [0.05, 0.1) is 0 Å². The molecule has 4 heteroatoms. The quantitative estimate of drug-likeness (QED) is 0.499. The third-order valence-corrected chi connectivity index (χ3v) is 4.07. The van der Waals surface area contributed by atoms with Crippen LogP contribution in [-0.4, -0.2) is 35.6 Å². The van der Waals surface area contributed by atoms with Crippen LogP contribution in [0.15, 0.2) is 36.5 Å². The number of phenolic OH excluding ortho intramolecular Hbond substituents is 1. The van der Waals surface area contributed by atoms with E-state index < -0.39 is 0 Å². The first-order valence-electron chi connectivity index (χ1n) is 9.32. The van der Waals surface area contributed by atoms with Crippen LogP contribution in [0.4, 0.5) is 0 Å². The minimum absolute atomic E-state index is 0. The second kappa shape index (κ2) is 15.2. The number of phenols is 1. The van der Waals surface area contributed by atoms with Gasteiger partial charge in [-0.15, -0.1) is 17.0 Å². The Labute approximate surface area is 164 Å². The molecule has 0 radical (unpaired) electrons. The molecular formula is C21H35BrN2O. The van der Waals surface area contributed by atoms with Crippen LogP contribution in [-0.2, 0) is 0 Å². The largest absolute Gasteiger partial charge is 0.506 e. The fourth-order valence-electron chi connectivity index (χ4n) is 2.65. The summed E-state index contributed by atoms with van der Waals surface area (Å²) in [6, 6.07) is 9.13. The third kappa shape index (κ3) is 11.2. The minimum atomic E-state index is 0. The highest BCUT2D eigenvalue weighted by atomic mass is 79.9. The van der Waals surface area contributed by atoms with E-state index in [9.17, 15) is 5.11 Å². The molecule has 0 aliphatic carbocycles. The second-order valence-corrected chi connectivity index (χ2v) is 6.63. The molecule has 0 atom stereocenters. The van der Waals surface area contributed by atoms with Crippen LogP contribution in [0.5, 0.6) is 5.75 Å². The SMILES string of the molecule is Br.CCCCCCCCCCN(C)C.Oc1cccc2cccnc12. The van der Waals surface area contributed by atoms with Crippen molar-refractivity contribution in [1.82, 2.24) is 9.88 Å². The Morgan fingerprint density at radius 2 is 1.48 bits per heavy atom. The van der Waals surface area contributed by atoms with Crippen LogP contribution in [0, 0.1) is 0 Å². The van der Waals surface area contributed by atoms with E-state index in [-0.39, 0.29) is 22.7 Å². The van der Waals surface area contributed by atoms with E-state index in [2.05, 4.69) is 30.9 Å². The molecule has 25 heavy (non-hydrogen) atoms. The predicted molar refractivity (Wildman–Crippen MR) is 115 cm³/mol. The fraction of sp³-hybridized carbons (Fsp3) is 0.571. The highest BCUT2D eigenvalue weighted by Crippen LogP contribution is 2.20. The Hall–Kier alpha value is -1.13. The third-order valence-electron chi connectivity index (χ3n) is 4.07. The van der Waals surface area contributed by atoms with Crippen LogP contribution in [0.25, 0.3) is 10.9 Å². The Bertz CT molecular complexity index is 555. The van der Waals surface area contributed by atoms with Crippen LogP contribution < -0.4 is 0 Å². The van der Waals surface area contributed by atoms with Crippen molar-refractivity contribution in [2.24, 2.45) is 0 Å². The van der Waals surface area contributed by atoms with E-state index in [0.29, 0.717) is 5.52 Å². The molecule has 0 amide bonds. The number of hydrogen-bond donors (Lipinski definition) is 1. The first-order chi connectivity index (χ1) is 11.6. The van der Waals surface area contributed by atoms with Crippen molar-refractivity contribution in [2.75, 3.05) is 20.6 Å². The van der Waals surface area contributed by atoms with Crippen LogP contribution in [0.1, 0.15) is 58.3 Å². The van der Waals surface area contributed by atoms with Gasteiger partial charge in [0.2, 0.25) is 0 Å². The van der Waals surface area contributed by atoms with Crippen LogP contribution in [0.3, 0.4) is 0 Å². The summed E-state index contributed by atoms with van der Waals surface area (Å²) >= 11 is 0. The van der Waals surface area contributed by atoms with Gasteiger partial charge in [-0.2, -0.15) is 0 Å². The predicted octanol–water partition coefficient (Wildman–Crippen LogP) is 6.21. The van der Waals surface area contributed by atoms with Gasteiger partial charge in [-0.05, 0) is 39.2 Å². The van der Waals surface area contributed by atoms with Gasteiger partial charge < -0.3 is 10.0 Å². The summed E-state index contributed by atoms with van der Waals surface area (Å²) in [5.41, 5.74) is 0.662. The number of para-hydroxylation sites is 1. The number of pyridine rings is 1. The first kappa shape index (κ1) is 23.9. The van der Waals surface area contributed by atoms with Crippen LogP contribution in [0.2, 0.25) is 0 Å². The lowest BCUT2D eigenvalue weighted by atomic mass is 10.1. The molecule has 2 aromatic rings. The summed E-state index contributed by atoms with van der Waals surface area (Å²) in [7, 11) is 4.31. The van der Waals surface area contributed by atoms with Crippen LogP contribution >= 0.6 is 17.0 Å². The molecule has 0 saturated carbocycles. The highest BCUT2D eigenvalue weighted by Gasteiger charge is 1.96. The highest BCUT2D eigenvalue weighted by molar-refractivity contribution is 8.93. The number of aromatic nitrogens is 1. The molecule has 0 bridgehead atoms. The van der Waals surface area contributed by atoms with E-state index in [1.54, 1.807) is 18.3 Å². The number of nitrogens with zero attached hydrogens (tertiary/aromatic N) is 2. The summed E-state index contributed by atoms with van der Waals surface area (Å²) in [5, 5.41) is 10.3. The van der Waals surface area contributed by atoms with Crippen molar-refractivity contribution < 1.29 is 5.11 Å². The summed E-state index contributed by atoms with van der Waals surface area (Å²) in [6.45, 7) is 3.53. The van der Waals surface area contributed by atoms with E-state index in [0.717, 1.165) is 5.39 Å². The number of fused-ring (bicyclic) bond motifs is 1. The number of unbranched alkanes of at least 4 members (excludes halogenated alkanes) is 7. The zero-order chi connectivity index (χ0) is 17.6. The normalized spacial score (nSPS) is 10.2. The van der Waals surface area contributed by atoms with Crippen molar-refractivity contribution in [1.29, 1.82) is 0 Å². The molecule has 3 nitrogen and oxygen atoms in total. The van der Waals surface area contributed by atoms with E-state index in [4.69, 9.17) is 0 Å². The smallest absolute Gasteiger partial charge is 0.141 e. The monoisotopic (exact) mass is 410 g/mol. The van der Waals surface area contributed by atoms with E-state index in [1.807, 2.05) is 18.2 Å². The molecule has 0 aliphatic rings. The number of hydrogen-bond acceptors (Lipinski definition) is 3. The summed E-state index contributed by atoms with van der Waals surface area (Å²) in [4.78, 5) is 6.31. The average Bonchev–Trinajstić information content (AvgIpc) is 2.58. The van der Waals surface area contributed by atoms with Crippen molar-refractivity contribution in [3.8, 4) is 5.75 Å². The standard InChI is InChI=1S/C12H27N.C9H7NO.BrH/c1-4-5-6-7-8-9-10-11-12-13(2)3;11-8-5-1-3-7-4-2-6-10-9(7)8;/h4-12H2,1-3H3;1-6,11H;1H. The Balaban J connectivity index is 0.000000446. The summed E-state index contributed by atoms with van der Waals surface area (Å²) in [6.07, 6.45) is 13.1. The number of benzene rings is 1. The topological polar surface area (TPSA) is 36.4 Å². The molecule has 1 heterocycles. The Morgan fingerprint density at radius 1 is 0.880 bits per heavy atom. The Morgan fingerprint density at radius 3 is 2.08 bits per heavy atom. The van der Waals surface area contributed by atoms with Gasteiger partial charge in [-0.3, -0.25) is 4.98 Å². The maximum absolute atomic E-state index is 9.31. The van der Waals surface area contributed by atoms with Crippen molar-refractivity contribution >= 4 is 27.9 Å². The maximum Gasteiger partial charge on any atom is 0.141 e. The zero-order valence-electron chi connectivity index (χ0n) is 16.1. The lowest BCUT2D eigenvalue weighted by Gasteiger charge is -2.08. The van der Waals surface area contributed by atoms with Crippen molar-refractivity contribution in [3.63, 3.8) is 0 Å². The zero-order valence-corrected chi connectivity index (χ0v) is 17.8. The van der Waals surface area contributed by atoms with Gasteiger partial charge >= 0.3 is 0 Å². The van der Waals surface area contributed by atoms with Crippen molar-refractivity contribution in [3.05, 3.63) is 36.5 Å². The van der Waals surface area contributed by atoms with Gasteiger partial charge in [0.15, 0.2) is 0 Å². The molecule has 0 spiro atoms. The molecule has 0 fully saturated rings. The second-order valence-electron chi connectivity index (χ2n) is 6.63. The van der Waals surface area contributed by atoms with Gasteiger partial charge in [-0.1, -0.05) is 70.1 Å². The molecule has 142 valence electrons. The molecule has 0 aliphatic heterocycles. The van der Waals surface area contributed by atoms with Gasteiger partial charge in [0, 0.05) is 11.6 Å². The first-order valence-corrected chi connectivity index (χ1v) is 9.32. The molecule has 0 saturated heterocycles. The van der Waals surface area contributed by atoms with Gasteiger partial charge in [0.1, 0.15) is 11.3 Å². The molecular weight excluding hydrogens is 376 g/mol. The maximum atomic E-state index is 9.31. The average molecular weight is 411 g/mol. The molecule has 1 aromatic carbocycles. The van der Waals surface area contributed by atoms with E-state index in [1.165, 1.54) is 57.9 Å². The lowest BCUT2D eigenvalue weighted by Crippen LogP contribution is -2.12.